The van der Waals surface area contributed by atoms with Gasteiger partial charge in [-0.05, 0) is 48.6 Å². The second-order valence-electron chi connectivity index (χ2n) is 4.59. The van der Waals surface area contributed by atoms with Crippen LogP contribution in [-0.2, 0) is 11.3 Å². The highest BCUT2D eigenvalue weighted by atomic mass is 32.1. The molecular weight excluding hydrogens is 260 g/mol. The number of aromatic nitrogens is 2. The van der Waals surface area contributed by atoms with Crippen LogP contribution in [0.3, 0.4) is 0 Å². The maximum atomic E-state index is 11.6. The van der Waals surface area contributed by atoms with E-state index in [9.17, 15) is 4.79 Å². The van der Waals surface area contributed by atoms with E-state index in [1.807, 2.05) is 29.6 Å². The number of amides is 1. The third-order valence-corrected chi connectivity index (χ3v) is 3.53. The Morgan fingerprint density at radius 1 is 1.26 bits per heavy atom. The van der Waals surface area contributed by atoms with Gasteiger partial charge in [-0.2, -0.15) is 0 Å². The van der Waals surface area contributed by atoms with Gasteiger partial charge < -0.3 is 10.6 Å². The maximum absolute atomic E-state index is 11.6. The van der Waals surface area contributed by atoms with Gasteiger partial charge in [0.1, 0.15) is 0 Å². The molecule has 3 rings (SSSR count). The standard InChI is InChI=1S/C13H14N4OS/c18-13(9-1-2-9)15-11-5-3-10(4-6-11)14-7-12-8-19-17-16-12/h3-6,8-9,14H,1-2,7H2,(H,15,18). The van der Waals surface area contributed by atoms with E-state index in [2.05, 4.69) is 20.2 Å². The lowest BCUT2D eigenvalue weighted by Gasteiger charge is -2.07. The second kappa shape index (κ2) is 5.36. The van der Waals surface area contributed by atoms with E-state index in [1.54, 1.807) is 0 Å². The first-order valence-electron chi connectivity index (χ1n) is 6.22. The third kappa shape index (κ3) is 3.29. The van der Waals surface area contributed by atoms with Crippen molar-refractivity contribution in [2.75, 3.05) is 10.6 Å². The zero-order valence-electron chi connectivity index (χ0n) is 10.3. The van der Waals surface area contributed by atoms with Gasteiger partial charge in [-0.3, -0.25) is 4.79 Å². The van der Waals surface area contributed by atoms with Gasteiger partial charge in [0.15, 0.2) is 0 Å². The second-order valence-corrected chi connectivity index (χ2v) is 5.20. The van der Waals surface area contributed by atoms with Crippen molar-refractivity contribution < 1.29 is 4.79 Å². The molecule has 2 aromatic rings. The van der Waals surface area contributed by atoms with Crippen LogP contribution in [0.2, 0.25) is 0 Å². The van der Waals surface area contributed by atoms with E-state index < -0.39 is 0 Å². The van der Waals surface area contributed by atoms with Crippen LogP contribution in [0, 0.1) is 5.92 Å². The summed E-state index contributed by atoms with van der Waals surface area (Å²) in [5.74, 6) is 0.365. The summed E-state index contributed by atoms with van der Waals surface area (Å²) in [7, 11) is 0. The summed E-state index contributed by atoms with van der Waals surface area (Å²) in [5.41, 5.74) is 2.77. The first kappa shape index (κ1) is 12.1. The van der Waals surface area contributed by atoms with Crippen LogP contribution in [0.4, 0.5) is 11.4 Å². The number of hydrogen-bond donors (Lipinski definition) is 2. The lowest BCUT2D eigenvalue weighted by atomic mass is 10.2. The summed E-state index contributed by atoms with van der Waals surface area (Å²) >= 11 is 1.34. The van der Waals surface area contributed by atoms with E-state index in [1.165, 1.54) is 11.5 Å². The van der Waals surface area contributed by atoms with Crippen molar-refractivity contribution in [3.63, 3.8) is 0 Å². The van der Waals surface area contributed by atoms with Crippen LogP contribution in [0.15, 0.2) is 29.6 Å². The zero-order valence-corrected chi connectivity index (χ0v) is 11.1. The highest BCUT2D eigenvalue weighted by Gasteiger charge is 2.29. The molecule has 6 heteroatoms. The summed E-state index contributed by atoms with van der Waals surface area (Å²) in [6, 6.07) is 7.70. The van der Waals surface area contributed by atoms with Crippen molar-refractivity contribution in [1.29, 1.82) is 0 Å². The van der Waals surface area contributed by atoms with Crippen molar-refractivity contribution in [2.24, 2.45) is 5.92 Å². The summed E-state index contributed by atoms with van der Waals surface area (Å²) in [6.07, 6.45) is 2.04. The quantitative estimate of drug-likeness (QED) is 0.879. The molecule has 0 atom stereocenters. The minimum absolute atomic E-state index is 0.134. The van der Waals surface area contributed by atoms with Crippen molar-refractivity contribution >= 4 is 28.8 Å². The summed E-state index contributed by atoms with van der Waals surface area (Å²) in [6.45, 7) is 0.657. The molecular formula is C13H14N4OS. The molecule has 0 saturated heterocycles. The van der Waals surface area contributed by atoms with Crippen LogP contribution in [0.25, 0.3) is 0 Å². The van der Waals surface area contributed by atoms with Gasteiger partial charge in [-0.25, -0.2) is 0 Å². The van der Waals surface area contributed by atoms with E-state index in [4.69, 9.17) is 0 Å². The van der Waals surface area contributed by atoms with E-state index in [0.717, 1.165) is 29.9 Å². The first-order chi connectivity index (χ1) is 9.31. The Morgan fingerprint density at radius 3 is 2.63 bits per heavy atom. The Hall–Kier alpha value is -1.95. The van der Waals surface area contributed by atoms with Gasteiger partial charge in [0, 0.05) is 22.7 Å². The van der Waals surface area contributed by atoms with E-state index >= 15 is 0 Å². The molecule has 1 amide bonds. The van der Waals surface area contributed by atoms with Gasteiger partial charge in [0.05, 0.1) is 12.2 Å². The molecule has 1 saturated carbocycles. The molecule has 0 radical (unpaired) electrons. The minimum Gasteiger partial charge on any atom is -0.379 e. The molecule has 0 spiro atoms. The average molecular weight is 274 g/mol. The fraction of sp³-hybridized carbons (Fsp3) is 0.308. The maximum Gasteiger partial charge on any atom is 0.227 e. The van der Waals surface area contributed by atoms with Gasteiger partial charge in [-0.1, -0.05) is 4.49 Å². The van der Waals surface area contributed by atoms with Crippen molar-refractivity contribution in [1.82, 2.24) is 9.59 Å². The van der Waals surface area contributed by atoms with Crippen molar-refractivity contribution in [2.45, 2.75) is 19.4 Å². The number of benzene rings is 1. The van der Waals surface area contributed by atoms with Crippen LogP contribution < -0.4 is 10.6 Å². The molecule has 1 aliphatic rings. The zero-order chi connectivity index (χ0) is 13.1. The molecule has 5 nitrogen and oxygen atoms in total. The Kier molecular flexibility index (Phi) is 3.41. The van der Waals surface area contributed by atoms with Crippen LogP contribution in [0.1, 0.15) is 18.5 Å². The van der Waals surface area contributed by atoms with Crippen molar-refractivity contribution in [3.05, 3.63) is 35.3 Å². The summed E-state index contributed by atoms with van der Waals surface area (Å²) in [4.78, 5) is 11.6. The highest BCUT2D eigenvalue weighted by molar-refractivity contribution is 7.03. The number of nitrogens with zero attached hydrogens (tertiary/aromatic N) is 2. The first-order valence-corrected chi connectivity index (χ1v) is 7.05. The molecule has 1 aliphatic carbocycles. The molecule has 1 heterocycles. The SMILES string of the molecule is O=C(Nc1ccc(NCc2csnn2)cc1)C1CC1. The topological polar surface area (TPSA) is 66.9 Å². The van der Waals surface area contributed by atoms with Crippen LogP contribution in [0.5, 0.6) is 0 Å². The molecule has 0 aliphatic heterocycles. The van der Waals surface area contributed by atoms with Gasteiger partial charge in [0.25, 0.3) is 0 Å². The Balaban J connectivity index is 1.54. The molecule has 1 aromatic heterocycles. The third-order valence-electron chi connectivity index (χ3n) is 2.98. The largest absolute Gasteiger partial charge is 0.379 e. The monoisotopic (exact) mass is 274 g/mol. The number of rotatable bonds is 5. The lowest BCUT2D eigenvalue weighted by molar-refractivity contribution is -0.117. The Bertz CT molecular complexity index is 549. The molecule has 19 heavy (non-hydrogen) atoms. The minimum atomic E-state index is 0.134. The fourth-order valence-corrected chi connectivity index (χ4v) is 2.17. The number of hydrogen-bond acceptors (Lipinski definition) is 5. The molecule has 1 aromatic carbocycles. The molecule has 98 valence electrons. The highest BCUT2D eigenvalue weighted by Crippen LogP contribution is 2.30. The summed E-state index contributed by atoms with van der Waals surface area (Å²) in [5, 5.41) is 12.0. The molecule has 2 N–H and O–H groups in total. The van der Waals surface area contributed by atoms with E-state index in [0.29, 0.717) is 6.54 Å². The predicted octanol–water partition coefficient (Wildman–Crippen LogP) is 2.50. The van der Waals surface area contributed by atoms with Gasteiger partial charge in [0.2, 0.25) is 5.91 Å². The normalized spacial score (nSPS) is 14.1. The number of anilines is 2. The lowest BCUT2D eigenvalue weighted by Crippen LogP contribution is -2.13. The van der Waals surface area contributed by atoms with Crippen molar-refractivity contribution in [3.8, 4) is 0 Å². The van der Waals surface area contributed by atoms with Gasteiger partial charge >= 0.3 is 0 Å². The van der Waals surface area contributed by atoms with Crippen LogP contribution in [-0.4, -0.2) is 15.5 Å². The molecule has 1 fully saturated rings. The van der Waals surface area contributed by atoms with E-state index in [-0.39, 0.29) is 11.8 Å². The van der Waals surface area contributed by atoms with Gasteiger partial charge in [-0.15, -0.1) is 5.10 Å². The number of nitrogens with one attached hydrogen (secondary N) is 2. The molecule has 0 bridgehead atoms. The predicted molar refractivity (Wildman–Crippen MR) is 75.0 cm³/mol. The Morgan fingerprint density at radius 2 is 2.00 bits per heavy atom. The average Bonchev–Trinajstić information content (AvgIpc) is 3.16. The fourth-order valence-electron chi connectivity index (χ4n) is 1.71. The summed E-state index contributed by atoms with van der Waals surface area (Å²) < 4.78 is 3.81. The number of carbonyl (C=O) groups is 1. The Labute approximate surface area is 115 Å². The smallest absolute Gasteiger partial charge is 0.227 e. The van der Waals surface area contributed by atoms with Crippen LogP contribution >= 0.6 is 11.5 Å². The molecule has 0 unspecified atom stereocenters. The number of carbonyl (C=O) groups excluding carboxylic acids is 1.